The van der Waals surface area contributed by atoms with Gasteiger partial charge in [0.25, 0.3) is 0 Å². The number of hydrogen-bond donors (Lipinski definition) is 0. The van der Waals surface area contributed by atoms with Crippen molar-refractivity contribution >= 4 is 75.9 Å². The van der Waals surface area contributed by atoms with Gasteiger partial charge in [-0.2, -0.15) is 0 Å². The number of fused-ring (bicyclic) bond motifs is 17. The summed E-state index contributed by atoms with van der Waals surface area (Å²) in [6.07, 6.45) is 4.00. The van der Waals surface area contributed by atoms with Crippen molar-refractivity contribution in [3.05, 3.63) is 199 Å². The minimum absolute atomic E-state index is 0.221. The van der Waals surface area contributed by atoms with Crippen molar-refractivity contribution in [2.75, 3.05) is 0 Å². The molecule has 0 saturated heterocycles. The van der Waals surface area contributed by atoms with Gasteiger partial charge in [0.15, 0.2) is 0 Å². The fourth-order valence-corrected chi connectivity index (χ4v) is 10.9. The lowest BCUT2D eigenvalue weighted by molar-refractivity contribution is 0.667. The highest BCUT2D eigenvalue weighted by Gasteiger charge is 2.39. The molecule has 0 N–H and O–H groups in total. The number of nitrogens with zero attached hydrogens (tertiary/aromatic N) is 3. The Balaban J connectivity index is 1.03. The lowest BCUT2D eigenvalue weighted by Gasteiger charge is -2.24. The first-order valence-electron chi connectivity index (χ1n) is 20.5. The van der Waals surface area contributed by atoms with Crippen LogP contribution in [0.5, 0.6) is 0 Å². The normalized spacial score (nSPS) is 13.4. The summed E-state index contributed by atoms with van der Waals surface area (Å²) in [6, 6.07) is 65.0. The maximum absolute atomic E-state index is 4.74. The Morgan fingerprint density at radius 2 is 0.932 bits per heavy atom. The van der Waals surface area contributed by atoms with Crippen LogP contribution < -0.4 is 0 Å². The predicted molar refractivity (Wildman–Crippen MR) is 248 cm³/mol. The van der Waals surface area contributed by atoms with Gasteiger partial charge in [0, 0.05) is 50.7 Å². The number of hydrogen-bond acceptors (Lipinski definition) is 1. The zero-order valence-corrected chi connectivity index (χ0v) is 32.7. The van der Waals surface area contributed by atoms with Crippen LogP contribution in [0.2, 0.25) is 0 Å². The maximum atomic E-state index is 4.74. The van der Waals surface area contributed by atoms with Crippen molar-refractivity contribution in [2.45, 2.75) is 19.3 Å². The van der Waals surface area contributed by atoms with Gasteiger partial charge in [-0.1, -0.05) is 141 Å². The molecule has 59 heavy (non-hydrogen) atoms. The Morgan fingerprint density at radius 1 is 0.407 bits per heavy atom. The Morgan fingerprint density at radius 3 is 1.58 bits per heavy atom. The molecule has 0 unspecified atom stereocenters. The molecule has 0 amide bonds. The van der Waals surface area contributed by atoms with Gasteiger partial charge in [-0.05, 0) is 114 Å². The number of aromatic nitrogens is 3. The van der Waals surface area contributed by atoms with Gasteiger partial charge in [-0.3, -0.25) is 4.98 Å². The van der Waals surface area contributed by atoms with E-state index in [1.807, 2.05) is 6.20 Å². The number of para-hydroxylation sites is 2. The lowest BCUT2D eigenvalue weighted by Crippen LogP contribution is -2.15. The summed E-state index contributed by atoms with van der Waals surface area (Å²) in [6.45, 7) is 4.84. The van der Waals surface area contributed by atoms with Gasteiger partial charge >= 0.3 is 0 Å². The Bertz CT molecular complexity index is 3680. The average Bonchev–Trinajstić information content (AvgIpc) is 3.89. The molecule has 9 aromatic carbocycles. The molecule has 12 aromatic rings. The topological polar surface area (TPSA) is 22.8 Å². The summed E-state index contributed by atoms with van der Waals surface area (Å²) in [5.74, 6) is 0. The van der Waals surface area contributed by atoms with Gasteiger partial charge < -0.3 is 9.13 Å². The van der Waals surface area contributed by atoms with Gasteiger partial charge in [0.05, 0.1) is 22.1 Å². The Hall–Kier alpha value is -7.49. The van der Waals surface area contributed by atoms with Crippen LogP contribution in [0, 0.1) is 0 Å². The molecule has 0 spiro atoms. The average molecular weight is 752 g/mol. The largest absolute Gasteiger partial charge is 0.309 e. The van der Waals surface area contributed by atoms with Gasteiger partial charge in [-0.25, -0.2) is 0 Å². The number of benzene rings is 9. The van der Waals surface area contributed by atoms with E-state index in [2.05, 4.69) is 205 Å². The highest BCUT2D eigenvalue weighted by atomic mass is 15.0. The molecule has 3 nitrogen and oxygen atoms in total. The van der Waals surface area contributed by atoms with Crippen molar-refractivity contribution in [3.8, 4) is 33.6 Å². The van der Waals surface area contributed by atoms with Crippen molar-refractivity contribution in [1.29, 1.82) is 0 Å². The molecule has 0 saturated carbocycles. The zero-order chi connectivity index (χ0) is 39.0. The minimum Gasteiger partial charge on any atom is -0.309 e. The fraction of sp³-hybridized carbons (Fsp3) is 0.0536. The van der Waals surface area contributed by atoms with Crippen LogP contribution in [0.3, 0.4) is 0 Å². The van der Waals surface area contributed by atoms with Crippen molar-refractivity contribution in [1.82, 2.24) is 14.1 Å². The Kier molecular flexibility index (Phi) is 6.51. The summed E-state index contributed by atoms with van der Waals surface area (Å²) in [7, 11) is 0. The SMILES string of the molecule is CC1(C)c2ccc3c(c2-c2ccc4c5ccccc5c5ccccc5c4c21)c1cnccc1n3-c1cccc(-c2cccc(-n3c4ccccc4c4ccccc43)c2)c1. The third-order valence-corrected chi connectivity index (χ3v) is 13.3. The minimum atomic E-state index is -0.221. The maximum Gasteiger partial charge on any atom is 0.0572 e. The zero-order valence-electron chi connectivity index (χ0n) is 32.7. The first-order valence-corrected chi connectivity index (χ1v) is 20.5. The van der Waals surface area contributed by atoms with Crippen LogP contribution in [0.15, 0.2) is 188 Å². The van der Waals surface area contributed by atoms with E-state index in [1.54, 1.807) is 0 Å². The van der Waals surface area contributed by atoms with E-state index in [0.717, 1.165) is 16.9 Å². The molecule has 0 atom stereocenters. The van der Waals surface area contributed by atoms with E-state index < -0.39 is 0 Å². The van der Waals surface area contributed by atoms with Crippen molar-refractivity contribution in [3.63, 3.8) is 0 Å². The second-order valence-electron chi connectivity index (χ2n) is 16.7. The molecule has 1 aliphatic carbocycles. The van der Waals surface area contributed by atoms with Crippen LogP contribution in [0.1, 0.15) is 25.0 Å². The van der Waals surface area contributed by atoms with E-state index in [1.165, 1.54) is 104 Å². The van der Waals surface area contributed by atoms with E-state index in [-0.39, 0.29) is 5.41 Å². The van der Waals surface area contributed by atoms with Crippen LogP contribution in [-0.2, 0) is 5.41 Å². The highest BCUT2D eigenvalue weighted by molar-refractivity contribution is 6.28. The van der Waals surface area contributed by atoms with Crippen LogP contribution >= 0.6 is 0 Å². The molecule has 3 heteroatoms. The molecule has 1 aliphatic rings. The molecule has 0 radical (unpaired) electrons. The summed E-state index contributed by atoms with van der Waals surface area (Å²) >= 11 is 0. The van der Waals surface area contributed by atoms with Gasteiger partial charge in [0.2, 0.25) is 0 Å². The molecular formula is C56H37N3. The van der Waals surface area contributed by atoms with E-state index in [9.17, 15) is 0 Å². The number of pyridine rings is 1. The van der Waals surface area contributed by atoms with Crippen LogP contribution in [0.4, 0.5) is 0 Å². The summed E-state index contributed by atoms with van der Waals surface area (Å²) in [4.78, 5) is 4.74. The van der Waals surface area contributed by atoms with Crippen LogP contribution in [-0.4, -0.2) is 14.1 Å². The van der Waals surface area contributed by atoms with Crippen molar-refractivity contribution in [2.24, 2.45) is 0 Å². The molecule has 0 bridgehead atoms. The second kappa shape index (κ2) is 11.8. The Labute approximate surface area is 341 Å². The van der Waals surface area contributed by atoms with E-state index in [0.29, 0.717) is 0 Å². The standard InChI is InChI=1S/C56H37N3/c1-56(2)47-27-28-51-54(53(47)45-26-25-44-40-19-4-3-17-38(40)39-18-5-6-22-43(39)52(44)55(45)56)46-33-57-30-29-50(46)59(51)37-16-12-14-35(32-37)34-13-11-15-36(31-34)58-48-23-9-7-20-41(48)42-21-8-10-24-49(42)58/h3-33H,1-2H3. The molecule has 3 aromatic heterocycles. The third-order valence-electron chi connectivity index (χ3n) is 13.3. The van der Waals surface area contributed by atoms with Gasteiger partial charge in [-0.15, -0.1) is 0 Å². The fourth-order valence-electron chi connectivity index (χ4n) is 10.9. The molecule has 0 fully saturated rings. The van der Waals surface area contributed by atoms with E-state index in [4.69, 9.17) is 4.98 Å². The quantitative estimate of drug-likeness (QED) is 0.165. The smallest absolute Gasteiger partial charge is 0.0572 e. The summed E-state index contributed by atoms with van der Waals surface area (Å²) in [5.41, 5.74) is 14.6. The summed E-state index contributed by atoms with van der Waals surface area (Å²) < 4.78 is 4.84. The van der Waals surface area contributed by atoms with Crippen molar-refractivity contribution < 1.29 is 0 Å². The molecule has 276 valence electrons. The first kappa shape index (κ1) is 32.6. The third kappa shape index (κ3) is 4.34. The predicted octanol–water partition coefficient (Wildman–Crippen LogP) is 14.7. The lowest BCUT2D eigenvalue weighted by atomic mass is 9.78. The first-order chi connectivity index (χ1) is 29.1. The number of rotatable bonds is 3. The van der Waals surface area contributed by atoms with E-state index >= 15 is 0 Å². The summed E-state index contributed by atoms with van der Waals surface area (Å²) in [5, 5.41) is 12.9. The molecular weight excluding hydrogens is 715 g/mol. The highest BCUT2D eigenvalue weighted by Crippen LogP contribution is 2.56. The second-order valence-corrected chi connectivity index (χ2v) is 16.7. The molecule has 13 rings (SSSR count). The molecule has 0 aliphatic heterocycles. The molecule has 3 heterocycles. The monoisotopic (exact) mass is 751 g/mol. The van der Waals surface area contributed by atoms with Crippen LogP contribution in [0.25, 0.3) is 110 Å². The van der Waals surface area contributed by atoms with Gasteiger partial charge in [0.1, 0.15) is 0 Å².